The lowest BCUT2D eigenvalue weighted by Crippen LogP contribution is -2.29. The molecule has 1 aliphatic carbocycles. The van der Waals surface area contributed by atoms with Gasteiger partial charge in [0.05, 0.1) is 0 Å². The zero-order valence-electron chi connectivity index (χ0n) is 15.7. The molecule has 5 heteroatoms. The van der Waals surface area contributed by atoms with Gasteiger partial charge in [0.2, 0.25) is 0 Å². The van der Waals surface area contributed by atoms with Crippen LogP contribution in [-0.2, 0) is 24.1 Å². The van der Waals surface area contributed by atoms with E-state index < -0.39 is 0 Å². The van der Waals surface area contributed by atoms with Gasteiger partial charge in [0.1, 0.15) is 11.3 Å². The number of aryl methyl sites for hydroxylation is 2. The molecule has 2 aromatic carbocycles. The molecule has 0 aliphatic heterocycles. The predicted octanol–water partition coefficient (Wildman–Crippen LogP) is 3.41. The smallest absolute Gasteiger partial charge is 0.339 e. The second-order valence-electron chi connectivity index (χ2n) is 7.09. The summed E-state index contributed by atoms with van der Waals surface area (Å²) in [5.41, 5.74) is 3.42. The zero-order valence-corrected chi connectivity index (χ0v) is 15.7. The van der Waals surface area contributed by atoms with E-state index in [1.54, 1.807) is 6.07 Å². The van der Waals surface area contributed by atoms with Crippen LogP contribution < -0.4 is 15.7 Å². The van der Waals surface area contributed by atoms with Crippen LogP contribution in [0.4, 0.5) is 0 Å². The van der Waals surface area contributed by atoms with Gasteiger partial charge in [0.15, 0.2) is 6.61 Å². The maximum atomic E-state index is 12.1. The van der Waals surface area contributed by atoms with E-state index in [1.807, 2.05) is 30.3 Å². The van der Waals surface area contributed by atoms with Crippen molar-refractivity contribution in [3.8, 4) is 5.75 Å². The minimum absolute atomic E-state index is 0.0635. The molecule has 0 bridgehead atoms. The van der Waals surface area contributed by atoms with E-state index in [1.165, 1.54) is 5.56 Å². The molecule has 0 atom stereocenters. The molecule has 144 valence electrons. The second kappa shape index (κ2) is 8.30. The van der Waals surface area contributed by atoms with Crippen molar-refractivity contribution in [2.45, 2.75) is 32.1 Å². The topological polar surface area (TPSA) is 68.5 Å². The lowest BCUT2D eigenvalue weighted by atomic mass is 10.1. The van der Waals surface area contributed by atoms with E-state index in [9.17, 15) is 9.59 Å². The van der Waals surface area contributed by atoms with Crippen molar-refractivity contribution in [2.24, 2.45) is 0 Å². The zero-order chi connectivity index (χ0) is 19.3. The van der Waals surface area contributed by atoms with Crippen molar-refractivity contribution in [3.05, 3.63) is 75.6 Å². The number of ether oxygens (including phenoxy) is 1. The van der Waals surface area contributed by atoms with Gasteiger partial charge in [-0.1, -0.05) is 30.3 Å². The molecule has 0 saturated heterocycles. The molecule has 0 spiro atoms. The average Bonchev–Trinajstić information content (AvgIpc) is 3.21. The Labute approximate surface area is 163 Å². The van der Waals surface area contributed by atoms with Crippen LogP contribution in [0.2, 0.25) is 0 Å². The first-order valence-electron chi connectivity index (χ1n) is 9.73. The Bertz CT molecular complexity index is 1040. The molecule has 0 fully saturated rings. The number of carbonyl (C=O) groups excluding carboxylic acids is 1. The van der Waals surface area contributed by atoms with Crippen molar-refractivity contribution >= 4 is 16.9 Å². The highest BCUT2D eigenvalue weighted by molar-refractivity contribution is 5.83. The maximum absolute atomic E-state index is 12.1. The number of hydrogen-bond donors (Lipinski definition) is 1. The molecule has 3 aromatic rings. The van der Waals surface area contributed by atoms with Crippen LogP contribution in [0.5, 0.6) is 5.75 Å². The summed E-state index contributed by atoms with van der Waals surface area (Å²) in [5, 5.41) is 3.83. The van der Waals surface area contributed by atoms with Gasteiger partial charge in [-0.3, -0.25) is 4.79 Å². The number of carbonyl (C=O) groups is 1. The summed E-state index contributed by atoms with van der Waals surface area (Å²) in [6, 6.07) is 15.6. The van der Waals surface area contributed by atoms with Gasteiger partial charge in [-0.25, -0.2) is 4.79 Å². The van der Waals surface area contributed by atoms with Crippen LogP contribution in [0, 0.1) is 0 Å². The lowest BCUT2D eigenvalue weighted by Gasteiger charge is -2.09. The lowest BCUT2D eigenvalue weighted by molar-refractivity contribution is -0.123. The number of amides is 1. The molecule has 1 aromatic heterocycles. The average molecular weight is 377 g/mol. The highest BCUT2D eigenvalue weighted by Gasteiger charge is 2.19. The molecule has 28 heavy (non-hydrogen) atoms. The molecule has 0 radical (unpaired) electrons. The molecule has 1 aliphatic rings. The van der Waals surface area contributed by atoms with Gasteiger partial charge >= 0.3 is 5.63 Å². The van der Waals surface area contributed by atoms with E-state index >= 15 is 0 Å². The molecule has 0 saturated carbocycles. The maximum Gasteiger partial charge on any atom is 0.339 e. The van der Waals surface area contributed by atoms with Gasteiger partial charge in [-0.2, -0.15) is 0 Å². The fourth-order valence-electron chi connectivity index (χ4n) is 3.72. The van der Waals surface area contributed by atoms with E-state index in [-0.39, 0.29) is 18.1 Å². The molecular weight excluding hydrogens is 354 g/mol. The minimum Gasteiger partial charge on any atom is -0.484 e. The van der Waals surface area contributed by atoms with Crippen LogP contribution >= 0.6 is 0 Å². The van der Waals surface area contributed by atoms with Crippen LogP contribution in [0.15, 0.2) is 57.7 Å². The molecule has 1 amide bonds. The van der Waals surface area contributed by atoms with Crippen molar-refractivity contribution in [2.75, 3.05) is 13.2 Å². The van der Waals surface area contributed by atoms with Crippen LogP contribution in [0.1, 0.15) is 29.5 Å². The van der Waals surface area contributed by atoms with Crippen molar-refractivity contribution in [1.29, 1.82) is 0 Å². The summed E-state index contributed by atoms with van der Waals surface area (Å²) < 4.78 is 11.0. The molecule has 1 N–H and O–H groups in total. The highest BCUT2D eigenvalue weighted by atomic mass is 16.5. The SMILES string of the molecule is O=C(COc1ccc2c3c(c(=O)oc2c1)CCC3)NCCCc1ccccc1. The normalized spacial score (nSPS) is 12.7. The van der Waals surface area contributed by atoms with E-state index in [0.717, 1.165) is 48.6 Å². The summed E-state index contributed by atoms with van der Waals surface area (Å²) in [4.78, 5) is 24.1. The van der Waals surface area contributed by atoms with E-state index in [2.05, 4.69) is 17.4 Å². The van der Waals surface area contributed by atoms with Gasteiger partial charge in [0, 0.05) is 23.6 Å². The van der Waals surface area contributed by atoms with Gasteiger partial charge in [-0.05, 0) is 55.4 Å². The number of rotatable bonds is 7. The van der Waals surface area contributed by atoms with Crippen molar-refractivity contribution in [1.82, 2.24) is 5.32 Å². The largest absolute Gasteiger partial charge is 0.484 e. The summed E-state index contributed by atoms with van der Waals surface area (Å²) in [5.74, 6) is 0.358. The summed E-state index contributed by atoms with van der Waals surface area (Å²) in [6.07, 6.45) is 4.49. The fraction of sp³-hybridized carbons (Fsp3) is 0.304. The van der Waals surface area contributed by atoms with Crippen LogP contribution in [0.3, 0.4) is 0 Å². The molecule has 4 rings (SSSR count). The number of fused-ring (bicyclic) bond motifs is 3. The number of benzene rings is 2. The van der Waals surface area contributed by atoms with Crippen molar-refractivity contribution < 1.29 is 13.9 Å². The third-order valence-corrected chi connectivity index (χ3v) is 5.12. The van der Waals surface area contributed by atoms with Crippen LogP contribution in [-0.4, -0.2) is 19.1 Å². The predicted molar refractivity (Wildman–Crippen MR) is 108 cm³/mol. The molecule has 5 nitrogen and oxygen atoms in total. The Morgan fingerprint density at radius 3 is 2.75 bits per heavy atom. The summed E-state index contributed by atoms with van der Waals surface area (Å²) in [6.45, 7) is 0.543. The standard InChI is InChI=1S/C23H23NO4/c25-22(24-13-5-8-16-6-2-1-3-7-16)15-27-17-11-12-19-18-9-4-10-20(18)23(26)28-21(19)14-17/h1-3,6-7,11-12,14H,4-5,8-10,13,15H2,(H,24,25). The van der Waals surface area contributed by atoms with Crippen molar-refractivity contribution in [3.63, 3.8) is 0 Å². The monoisotopic (exact) mass is 377 g/mol. The quantitative estimate of drug-likeness (QED) is 0.506. The Morgan fingerprint density at radius 1 is 1.07 bits per heavy atom. The van der Waals surface area contributed by atoms with E-state index in [4.69, 9.17) is 9.15 Å². The molecular formula is C23H23NO4. The Hall–Kier alpha value is -3.08. The summed E-state index contributed by atoms with van der Waals surface area (Å²) >= 11 is 0. The summed E-state index contributed by atoms with van der Waals surface area (Å²) in [7, 11) is 0. The molecule has 0 unspecified atom stereocenters. The first-order chi connectivity index (χ1) is 13.7. The third-order valence-electron chi connectivity index (χ3n) is 5.12. The fourth-order valence-corrected chi connectivity index (χ4v) is 3.72. The third kappa shape index (κ3) is 4.09. The minimum atomic E-state index is -0.256. The van der Waals surface area contributed by atoms with Gasteiger partial charge in [0.25, 0.3) is 5.91 Å². The second-order valence-corrected chi connectivity index (χ2v) is 7.09. The number of nitrogens with one attached hydrogen (secondary N) is 1. The first kappa shape index (κ1) is 18.3. The van der Waals surface area contributed by atoms with E-state index in [0.29, 0.717) is 17.9 Å². The van der Waals surface area contributed by atoms with Gasteiger partial charge < -0.3 is 14.5 Å². The Morgan fingerprint density at radius 2 is 1.89 bits per heavy atom. The van der Waals surface area contributed by atoms with Gasteiger partial charge in [-0.15, -0.1) is 0 Å². The number of hydrogen-bond acceptors (Lipinski definition) is 4. The Kier molecular flexibility index (Phi) is 5.42. The first-order valence-corrected chi connectivity index (χ1v) is 9.73. The highest BCUT2D eigenvalue weighted by Crippen LogP contribution is 2.29. The van der Waals surface area contributed by atoms with Crippen LogP contribution in [0.25, 0.3) is 11.0 Å². The Balaban J connectivity index is 1.29. The molecule has 1 heterocycles.